The number of rotatable bonds is 0. The first kappa shape index (κ1) is 12.5. The van der Waals surface area contributed by atoms with E-state index >= 15 is 0 Å². The highest BCUT2D eigenvalue weighted by atomic mass is 16.5. The van der Waals surface area contributed by atoms with Crippen molar-refractivity contribution in [2.24, 2.45) is 11.8 Å². The van der Waals surface area contributed by atoms with Gasteiger partial charge in [-0.15, -0.1) is 0 Å². The molecule has 0 unspecified atom stereocenters. The van der Waals surface area contributed by atoms with Crippen LogP contribution in [0.4, 0.5) is 0 Å². The van der Waals surface area contributed by atoms with Gasteiger partial charge in [-0.3, -0.25) is 0 Å². The third-order valence-corrected chi connectivity index (χ3v) is 5.63. The first-order valence-corrected chi connectivity index (χ1v) is 7.52. The van der Waals surface area contributed by atoms with Crippen LogP contribution in [0.15, 0.2) is 12.1 Å². The Hall–Kier alpha value is -1.22. The van der Waals surface area contributed by atoms with Gasteiger partial charge in [0.25, 0.3) is 0 Å². The van der Waals surface area contributed by atoms with E-state index in [0.717, 1.165) is 29.7 Å². The Kier molecular flexibility index (Phi) is 2.19. The summed E-state index contributed by atoms with van der Waals surface area (Å²) in [5, 5.41) is 10.4. The van der Waals surface area contributed by atoms with Crippen molar-refractivity contribution in [3.63, 3.8) is 0 Å². The number of hydrogen-bond acceptors (Lipinski definition) is 3. The number of aryl methyl sites for hydroxylation is 1. The summed E-state index contributed by atoms with van der Waals surface area (Å²) in [5.41, 5.74) is 1.58. The number of fused-ring (bicyclic) bond motifs is 2. The normalized spacial score (nSPS) is 40.1. The quantitative estimate of drug-likeness (QED) is 0.783. The Morgan fingerprint density at radius 2 is 2.00 bits per heavy atom. The number of phenolic OH excluding ortho intramolecular Hbond substituents is 1. The van der Waals surface area contributed by atoms with Gasteiger partial charge >= 0.3 is 0 Å². The van der Waals surface area contributed by atoms with Crippen LogP contribution in [-0.4, -0.2) is 16.3 Å². The molecule has 2 fully saturated rings. The third kappa shape index (κ3) is 1.39. The van der Waals surface area contributed by atoms with E-state index in [9.17, 15) is 5.11 Å². The average Bonchev–Trinajstić information content (AvgIpc) is 2.77. The molecule has 0 spiro atoms. The van der Waals surface area contributed by atoms with E-state index in [1.165, 1.54) is 0 Å². The van der Waals surface area contributed by atoms with Crippen molar-refractivity contribution in [2.45, 2.75) is 57.8 Å². The molecule has 2 aliphatic heterocycles. The second kappa shape index (κ2) is 3.51. The highest BCUT2D eigenvalue weighted by Crippen LogP contribution is 2.65. The second-order valence-electron chi connectivity index (χ2n) is 7.42. The predicted octanol–water partition coefficient (Wildman–Crippen LogP) is 3.73. The molecule has 4 rings (SSSR count). The van der Waals surface area contributed by atoms with Crippen LogP contribution in [0.3, 0.4) is 0 Å². The van der Waals surface area contributed by atoms with Crippen LogP contribution in [-0.2, 0) is 4.74 Å². The van der Waals surface area contributed by atoms with Crippen LogP contribution < -0.4 is 4.74 Å². The molecule has 0 bridgehead atoms. The third-order valence-electron chi connectivity index (χ3n) is 5.63. The van der Waals surface area contributed by atoms with Crippen LogP contribution in [0.1, 0.15) is 50.8 Å². The Balaban J connectivity index is 1.93. The number of hydrogen-bond donors (Lipinski definition) is 1. The summed E-state index contributed by atoms with van der Waals surface area (Å²) in [6.07, 6.45) is 2.17. The van der Waals surface area contributed by atoms with Crippen molar-refractivity contribution in [3.05, 3.63) is 23.3 Å². The van der Waals surface area contributed by atoms with Gasteiger partial charge in [-0.1, -0.05) is 0 Å². The standard InChI is InChI=1S/C17H22O3/c1-9-7-11(18)13-12(8-9)19-17(4)6-5-10-14(17)15(13)20-16(10,2)3/h7-8,10,14-15,18H,5-6H2,1-4H3/t10-,14+,15+,17+/m1/s1. The van der Waals surface area contributed by atoms with Crippen molar-refractivity contribution in [2.75, 3.05) is 0 Å². The number of benzene rings is 1. The molecule has 1 aromatic rings. The van der Waals surface area contributed by atoms with Crippen molar-refractivity contribution in [1.29, 1.82) is 0 Å². The molecule has 1 aromatic carbocycles. The lowest BCUT2D eigenvalue weighted by Crippen LogP contribution is -2.43. The van der Waals surface area contributed by atoms with Gasteiger partial charge in [-0.25, -0.2) is 0 Å². The maximum atomic E-state index is 10.4. The fraction of sp³-hybridized carbons (Fsp3) is 0.647. The smallest absolute Gasteiger partial charge is 0.129 e. The van der Waals surface area contributed by atoms with E-state index < -0.39 is 0 Å². The van der Waals surface area contributed by atoms with Gasteiger partial charge in [0.2, 0.25) is 0 Å². The predicted molar refractivity (Wildman–Crippen MR) is 76.0 cm³/mol. The van der Waals surface area contributed by atoms with Gasteiger partial charge in [-0.2, -0.15) is 0 Å². The highest BCUT2D eigenvalue weighted by molar-refractivity contribution is 5.51. The molecule has 4 atom stereocenters. The van der Waals surface area contributed by atoms with E-state index in [2.05, 4.69) is 20.8 Å². The van der Waals surface area contributed by atoms with E-state index in [1.54, 1.807) is 0 Å². The first-order chi connectivity index (χ1) is 9.32. The number of phenols is 1. The number of aromatic hydroxyl groups is 1. The summed E-state index contributed by atoms with van der Waals surface area (Å²) in [5.74, 6) is 1.98. The van der Waals surface area contributed by atoms with Gasteiger partial charge < -0.3 is 14.6 Å². The molecule has 20 heavy (non-hydrogen) atoms. The van der Waals surface area contributed by atoms with Crippen LogP contribution in [0.2, 0.25) is 0 Å². The molecule has 0 radical (unpaired) electrons. The number of ether oxygens (including phenoxy) is 2. The van der Waals surface area contributed by atoms with Crippen LogP contribution >= 0.6 is 0 Å². The van der Waals surface area contributed by atoms with Crippen molar-refractivity contribution in [3.8, 4) is 11.5 Å². The molecule has 0 amide bonds. The Morgan fingerprint density at radius 1 is 1.25 bits per heavy atom. The molecule has 1 aliphatic carbocycles. The maximum absolute atomic E-state index is 10.4. The van der Waals surface area contributed by atoms with Crippen LogP contribution in [0, 0.1) is 18.8 Å². The summed E-state index contributed by atoms with van der Waals surface area (Å²) < 4.78 is 12.7. The van der Waals surface area contributed by atoms with Crippen LogP contribution in [0.5, 0.6) is 11.5 Å². The molecular formula is C17H22O3. The molecular weight excluding hydrogens is 252 g/mol. The lowest BCUT2D eigenvalue weighted by atomic mass is 9.75. The Labute approximate surface area is 119 Å². The molecule has 1 saturated heterocycles. The SMILES string of the molecule is Cc1cc(O)c2c(c1)O[C@@]1(C)CC[C@@H]3[C@H]1[C@H]2OC3(C)C. The van der Waals surface area contributed by atoms with Gasteiger partial charge in [0.1, 0.15) is 17.1 Å². The summed E-state index contributed by atoms with van der Waals surface area (Å²) in [6.45, 7) is 8.53. The minimum absolute atomic E-state index is 0.0353. The minimum atomic E-state index is -0.156. The Bertz CT molecular complexity index is 592. The molecule has 108 valence electrons. The van der Waals surface area contributed by atoms with E-state index in [1.807, 2.05) is 19.1 Å². The van der Waals surface area contributed by atoms with Gasteiger partial charge in [0.05, 0.1) is 17.3 Å². The largest absolute Gasteiger partial charge is 0.507 e. The Morgan fingerprint density at radius 3 is 2.75 bits per heavy atom. The molecule has 0 aromatic heterocycles. The molecule has 1 saturated carbocycles. The first-order valence-electron chi connectivity index (χ1n) is 7.52. The van der Waals surface area contributed by atoms with Gasteiger partial charge in [0.15, 0.2) is 0 Å². The zero-order valence-electron chi connectivity index (χ0n) is 12.6. The van der Waals surface area contributed by atoms with Crippen molar-refractivity contribution < 1.29 is 14.6 Å². The molecule has 3 aliphatic rings. The zero-order chi connectivity index (χ0) is 14.3. The fourth-order valence-corrected chi connectivity index (χ4v) is 4.74. The topological polar surface area (TPSA) is 38.7 Å². The van der Waals surface area contributed by atoms with Gasteiger partial charge in [0, 0.05) is 5.92 Å². The summed E-state index contributed by atoms with van der Waals surface area (Å²) in [4.78, 5) is 0. The summed E-state index contributed by atoms with van der Waals surface area (Å²) in [6, 6.07) is 3.84. The van der Waals surface area contributed by atoms with E-state index in [4.69, 9.17) is 9.47 Å². The fourth-order valence-electron chi connectivity index (χ4n) is 4.74. The van der Waals surface area contributed by atoms with E-state index in [-0.39, 0.29) is 17.3 Å². The molecule has 2 heterocycles. The van der Waals surface area contributed by atoms with Gasteiger partial charge in [-0.05, 0) is 64.2 Å². The lowest BCUT2D eigenvalue weighted by Gasteiger charge is -2.41. The summed E-state index contributed by atoms with van der Waals surface area (Å²) in [7, 11) is 0. The molecule has 3 nitrogen and oxygen atoms in total. The summed E-state index contributed by atoms with van der Waals surface area (Å²) >= 11 is 0. The molecule has 1 N–H and O–H groups in total. The minimum Gasteiger partial charge on any atom is -0.507 e. The van der Waals surface area contributed by atoms with E-state index in [0.29, 0.717) is 17.6 Å². The second-order valence-corrected chi connectivity index (χ2v) is 7.42. The highest BCUT2D eigenvalue weighted by Gasteiger charge is 2.64. The maximum Gasteiger partial charge on any atom is 0.129 e. The molecule has 3 heteroatoms. The van der Waals surface area contributed by atoms with Crippen molar-refractivity contribution in [1.82, 2.24) is 0 Å². The van der Waals surface area contributed by atoms with Crippen molar-refractivity contribution >= 4 is 0 Å². The lowest BCUT2D eigenvalue weighted by molar-refractivity contribution is -0.0744. The zero-order valence-corrected chi connectivity index (χ0v) is 12.6. The monoisotopic (exact) mass is 274 g/mol. The van der Waals surface area contributed by atoms with Crippen LogP contribution in [0.25, 0.3) is 0 Å². The average molecular weight is 274 g/mol.